The molecule has 1 aliphatic carbocycles. The fourth-order valence-electron chi connectivity index (χ4n) is 6.19. The summed E-state index contributed by atoms with van der Waals surface area (Å²) in [7, 11) is 1.59. The van der Waals surface area contributed by atoms with Crippen LogP contribution < -0.4 is 14.5 Å². The number of aryl methyl sites for hydroxylation is 2. The summed E-state index contributed by atoms with van der Waals surface area (Å²) in [6, 6.07) is 11.5. The Labute approximate surface area is 222 Å². The number of hydrogen-bond donors (Lipinski definition) is 0. The van der Waals surface area contributed by atoms with Gasteiger partial charge in [0.1, 0.15) is 11.6 Å². The maximum absolute atomic E-state index is 14.0. The van der Waals surface area contributed by atoms with Crippen molar-refractivity contribution in [2.24, 2.45) is 5.92 Å². The van der Waals surface area contributed by atoms with E-state index in [0.717, 1.165) is 76.2 Å². The molecule has 2 fully saturated rings. The number of benzene rings is 2. The van der Waals surface area contributed by atoms with Gasteiger partial charge < -0.3 is 14.5 Å². The van der Waals surface area contributed by atoms with Gasteiger partial charge in [-0.2, -0.15) is 0 Å². The van der Waals surface area contributed by atoms with E-state index in [4.69, 9.17) is 4.74 Å². The van der Waals surface area contributed by atoms with Crippen molar-refractivity contribution in [3.05, 3.63) is 53.3 Å². The largest absolute Gasteiger partial charge is 0.494 e. The van der Waals surface area contributed by atoms with Gasteiger partial charge in [-0.3, -0.25) is 9.69 Å². The smallest absolute Gasteiger partial charge is 0.231 e. The first kappa shape index (κ1) is 25.5. The van der Waals surface area contributed by atoms with E-state index in [0.29, 0.717) is 11.7 Å². The molecule has 0 radical (unpaired) electrons. The van der Waals surface area contributed by atoms with Gasteiger partial charge in [0.05, 0.1) is 18.7 Å². The fraction of sp³-hybridized carbons (Fsp3) is 0.552. The monoisotopic (exact) mass is 557 g/mol. The number of fused-ring (bicyclic) bond motifs is 1. The van der Waals surface area contributed by atoms with Crippen LogP contribution in [0.25, 0.3) is 0 Å². The van der Waals surface area contributed by atoms with Gasteiger partial charge in [-0.1, -0.05) is 46.5 Å². The van der Waals surface area contributed by atoms with E-state index in [1.54, 1.807) is 7.11 Å². The van der Waals surface area contributed by atoms with Crippen LogP contribution in [0.15, 0.2) is 36.4 Å². The van der Waals surface area contributed by atoms with Crippen LogP contribution in [-0.2, 0) is 11.2 Å². The van der Waals surface area contributed by atoms with Gasteiger partial charge in [-0.15, -0.1) is 0 Å². The minimum atomic E-state index is -0.282. The van der Waals surface area contributed by atoms with Crippen molar-refractivity contribution in [1.82, 2.24) is 4.90 Å². The molecule has 1 saturated carbocycles. The van der Waals surface area contributed by atoms with E-state index in [9.17, 15) is 9.18 Å². The molecule has 0 N–H and O–H groups in total. The number of hydrogen-bond acceptors (Lipinski definition) is 4. The van der Waals surface area contributed by atoms with Crippen LogP contribution >= 0.6 is 15.9 Å². The van der Waals surface area contributed by atoms with Crippen LogP contribution in [0.3, 0.4) is 0 Å². The van der Waals surface area contributed by atoms with Gasteiger partial charge in [0, 0.05) is 55.3 Å². The molecule has 0 aromatic heterocycles. The zero-order chi connectivity index (χ0) is 25.2. The molecule has 5 nitrogen and oxygen atoms in total. The molecule has 1 saturated heterocycles. The van der Waals surface area contributed by atoms with Gasteiger partial charge in [-0.05, 0) is 56.4 Å². The third-order valence-corrected chi connectivity index (χ3v) is 9.26. The van der Waals surface area contributed by atoms with Crippen LogP contribution in [-0.4, -0.2) is 61.5 Å². The summed E-state index contributed by atoms with van der Waals surface area (Å²) in [4.78, 5) is 21.2. The second kappa shape index (κ2) is 11.1. The van der Waals surface area contributed by atoms with Gasteiger partial charge in [0.15, 0.2) is 0 Å². The molecule has 3 aliphatic rings. The summed E-state index contributed by atoms with van der Waals surface area (Å²) in [5, 5.41) is 0. The predicted octanol–water partition coefficient (Wildman–Crippen LogP) is 5.57. The maximum Gasteiger partial charge on any atom is 0.231 e. The average molecular weight is 559 g/mol. The van der Waals surface area contributed by atoms with Crippen molar-refractivity contribution in [1.29, 1.82) is 0 Å². The van der Waals surface area contributed by atoms with E-state index in [2.05, 4.69) is 55.8 Å². The summed E-state index contributed by atoms with van der Waals surface area (Å²) in [6.07, 6.45) is 6.38. The number of methoxy groups -OCH3 is 1. The third kappa shape index (κ3) is 5.28. The van der Waals surface area contributed by atoms with Crippen molar-refractivity contribution >= 4 is 33.2 Å². The lowest BCUT2D eigenvalue weighted by Gasteiger charge is -2.44. The molecule has 0 bridgehead atoms. The average Bonchev–Trinajstić information content (AvgIpc) is 2.89. The molecule has 3 unspecified atom stereocenters. The van der Waals surface area contributed by atoms with Gasteiger partial charge in [0.25, 0.3) is 0 Å². The molecule has 2 heterocycles. The number of carbonyl (C=O) groups excluding carboxylic acids is 1. The van der Waals surface area contributed by atoms with E-state index < -0.39 is 0 Å². The number of alkyl halides is 1. The molecule has 5 rings (SSSR count). The Bertz CT molecular complexity index is 1090. The van der Waals surface area contributed by atoms with Crippen LogP contribution in [0.1, 0.15) is 43.2 Å². The zero-order valence-electron chi connectivity index (χ0n) is 21.4. The van der Waals surface area contributed by atoms with Gasteiger partial charge in [0.2, 0.25) is 5.91 Å². The molecule has 2 aliphatic heterocycles. The Morgan fingerprint density at radius 2 is 1.78 bits per heavy atom. The zero-order valence-corrected chi connectivity index (χ0v) is 23.0. The van der Waals surface area contributed by atoms with E-state index in [-0.39, 0.29) is 22.6 Å². The fourth-order valence-corrected chi connectivity index (χ4v) is 7.01. The van der Waals surface area contributed by atoms with Gasteiger partial charge in [-0.25, -0.2) is 4.39 Å². The number of piperazine rings is 1. The lowest BCUT2D eigenvalue weighted by Crippen LogP contribution is -2.55. The van der Waals surface area contributed by atoms with Crippen LogP contribution in [0.2, 0.25) is 0 Å². The van der Waals surface area contributed by atoms with Crippen LogP contribution in [0.4, 0.5) is 15.8 Å². The first-order valence-electron chi connectivity index (χ1n) is 13.3. The van der Waals surface area contributed by atoms with E-state index in [1.807, 2.05) is 6.07 Å². The number of carbonyl (C=O) groups is 1. The molecule has 7 heteroatoms. The second-order valence-corrected chi connectivity index (χ2v) is 11.7. The minimum Gasteiger partial charge on any atom is -0.494 e. The quantitative estimate of drug-likeness (QED) is 0.450. The highest BCUT2D eigenvalue weighted by Gasteiger charge is 2.39. The van der Waals surface area contributed by atoms with Crippen molar-refractivity contribution in [3.63, 3.8) is 0 Å². The molecule has 0 spiro atoms. The lowest BCUT2D eigenvalue weighted by molar-refractivity contribution is -0.123. The molecular formula is C29H37BrFN3O2. The Morgan fingerprint density at radius 1 is 1.03 bits per heavy atom. The Kier molecular flexibility index (Phi) is 7.87. The van der Waals surface area contributed by atoms with Crippen LogP contribution in [0, 0.1) is 18.7 Å². The predicted molar refractivity (Wildman–Crippen MR) is 147 cm³/mol. The summed E-state index contributed by atoms with van der Waals surface area (Å²) < 4.78 is 19.1. The SMILES string of the molecule is COc1cc(F)ccc1N1CCN(CC2CCc3cc(C)ccc3N2C(=O)C2CCCCC2Br)CC1. The number of anilines is 2. The maximum atomic E-state index is 14.0. The second-order valence-electron chi connectivity index (χ2n) is 10.5. The summed E-state index contributed by atoms with van der Waals surface area (Å²) in [5.41, 5.74) is 4.61. The van der Waals surface area contributed by atoms with Crippen molar-refractivity contribution in [2.45, 2.75) is 56.3 Å². The van der Waals surface area contributed by atoms with Crippen molar-refractivity contribution in [2.75, 3.05) is 49.6 Å². The lowest BCUT2D eigenvalue weighted by atomic mass is 9.85. The van der Waals surface area contributed by atoms with Crippen LogP contribution in [0.5, 0.6) is 5.75 Å². The highest BCUT2D eigenvalue weighted by atomic mass is 79.9. The van der Waals surface area contributed by atoms with E-state index in [1.165, 1.54) is 29.7 Å². The summed E-state index contributed by atoms with van der Waals surface area (Å²) in [5.74, 6) is 0.643. The molecule has 1 amide bonds. The number of rotatable bonds is 5. The first-order chi connectivity index (χ1) is 17.4. The van der Waals surface area contributed by atoms with Crippen molar-refractivity contribution < 1.29 is 13.9 Å². The summed E-state index contributed by atoms with van der Waals surface area (Å²) in [6.45, 7) is 6.53. The molecule has 36 heavy (non-hydrogen) atoms. The number of amides is 1. The highest BCUT2D eigenvalue weighted by molar-refractivity contribution is 9.09. The molecule has 2 aromatic carbocycles. The first-order valence-corrected chi connectivity index (χ1v) is 14.2. The number of nitrogens with zero attached hydrogens (tertiary/aromatic N) is 3. The summed E-state index contributed by atoms with van der Waals surface area (Å²) >= 11 is 3.84. The molecule has 194 valence electrons. The molecule has 3 atom stereocenters. The Hall–Kier alpha value is -2.12. The van der Waals surface area contributed by atoms with Gasteiger partial charge >= 0.3 is 0 Å². The third-order valence-electron chi connectivity index (χ3n) is 8.17. The Balaban J connectivity index is 1.31. The van der Waals surface area contributed by atoms with E-state index >= 15 is 0 Å². The number of ether oxygens (including phenoxy) is 1. The highest BCUT2D eigenvalue weighted by Crippen LogP contribution is 2.38. The van der Waals surface area contributed by atoms with Crippen molar-refractivity contribution in [3.8, 4) is 5.75 Å². The normalized spacial score (nSPS) is 24.9. The molecule has 2 aromatic rings. The standard InChI is InChI=1S/C29H37BrFN3O2/c1-20-7-11-26-21(17-20)8-10-23(34(26)29(35)24-5-3-4-6-25(24)30)19-32-13-15-33(16-14-32)27-12-9-22(31)18-28(27)36-2/h7,9,11-12,17-18,23-25H,3-6,8,10,13-16,19H2,1-2H3. The Morgan fingerprint density at radius 3 is 2.53 bits per heavy atom. The number of halogens is 2. The topological polar surface area (TPSA) is 36.0 Å². The minimum absolute atomic E-state index is 0.0521. The molecular weight excluding hydrogens is 521 g/mol.